The topological polar surface area (TPSA) is 88.9 Å². The summed E-state index contributed by atoms with van der Waals surface area (Å²) in [5, 5.41) is 16.5. The van der Waals surface area contributed by atoms with E-state index >= 15 is 0 Å². The van der Waals surface area contributed by atoms with Gasteiger partial charge in [0.15, 0.2) is 5.16 Å². The van der Waals surface area contributed by atoms with E-state index in [9.17, 15) is 14.0 Å². The molecular formula is C24H22FN5O2S. The Labute approximate surface area is 194 Å². The number of aromatic nitrogens is 3. The van der Waals surface area contributed by atoms with Crippen molar-refractivity contribution >= 4 is 45.7 Å². The fraction of sp³-hybridized carbons (Fsp3) is 0.167. The lowest BCUT2D eigenvalue weighted by molar-refractivity contribution is -0.116. The third-order valence-electron chi connectivity index (χ3n) is 4.95. The monoisotopic (exact) mass is 463 g/mol. The van der Waals surface area contributed by atoms with E-state index < -0.39 is 0 Å². The van der Waals surface area contributed by atoms with Gasteiger partial charge in [-0.25, -0.2) is 4.39 Å². The van der Waals surface area contributed by atoms with Gasteiger partial charge in [0.1, 0.15) is 11.6 Å². The highest BCUT2D eigenvalue weighted by Gasteiger charge is 2.16. The summed E-state index contributed by atoms with van der Waals surface area (Å²) in [6.45, 7) is 2.48. The zero-order valence-corrected chi connectivity index (χ0v) is 18.7. The smallest absolute Gasteiger partial charge is 0.234 e. The number of carbonyl (C=O) groups excluding carboxylic acids is 2. The summed E-state index contributed by atoms with van der Waals surface area (Å²) in [5.41, 5.74) is 1.26. The molecule has 0 aliphatic heterocycles. The van der Waals surface area contributed by atoms with Gasteiger partial charge in [0.05, 0.1) is 12.2 Å². The number of hydrogen-bond donors (Lipinski definition) is 2. The van der Waals surface area contributed by atoms with Gasteiger partial charge in [0.2, 0.25) is 11.8 Å². The van der Waals surface area contributed by atoms with Crippen LogP contribution < -0.4 is 10.6 Å². The van der Waals surface area contributed by atoms with Crippen LogP contribution in [0.25, 0.3) is 10.8 Å². The summed E-state index contributed by atoms with van der Waals surface area (Å²) in [6.07, 6.45) is 0.0149. The molecule has 2 N–H and O–H groups in total. The fourth-order valence-corrected chi connectivity index (χ4v) is 4.23. The van der Waals surface area contributed by atoms with Crippen LogP contribution in [0, 0.1) is 5.82 Å². The minimum absolute atomic E-state index is 0.0149. The lowest BCUT2D eigenvalue weighted by Crippen LogP contribution is -2.18. The van der Waals surface area contributed by atoms with Crippen LogP contribution in [-0.4, -0.2) is 32.3 Å². The Morgan fingerprint density at radius 1 is 0.939 bits per heavy atom. The number of anilines is 2. The zero-order valence-electron chi connectivity index (χ0n) is 17.9. The number of rotatable bonds is 8. The number of carbonyl (C=O) groups is 2. The van der Waals surface area contributed by atoms with Gasteiger partial charge in [0.25, 0.3) is 0 Å². The van der Waals surface area contributed by atoms with Crippen molar-refractivity contribution in [3.63, 3.8) is 0 Å². The molecular weight excluding hydrogens is 441 g/mol. The second-order valence-electron chi connectivity index (χ2n) is 7.24. The van der Waals surface area contributed by atoms with Gasteiger partial charge < -0.3 is 15.2 Å². The third kappa shape index (κ3) is 5.56. The second-order valence-corrected chi connectivity index (χ2v) is 8.18. The fourth-order valence-electron chi connectivity index (χ4n) is 3.41. The Morgan fingerprint density at radius 3 is 2.48 bits per heavy atom. The van der Waals surface area contributed by atoms with E-state index in [2.05, 4.69) is 20.8 Å². The molecule has 2 amide bonds. The maximum Gasteiger partial charge on any atom is 0.234 e. The lowest BCUT2D eigenvalue weighted by atomic mass is 10.1. The van der Waals surface area contributed by atoms with Gasteiger partial charge in [-0.1, -0.05) is 48.2 Å². The van der Waals surface area contributed by atoms with E-state index in [1.54, 1.807) is 4.57 Å². The summed E-state index contributed by atoms with van der Waals surface area (Å²) in [5.74, 6) is -0.158. The quantitative estimate of drug-likeness (QED) is 0.376. The Bertz CT molecular complexity index is 1280. The van der Waals surface area contributed by atoms with Gasteiger partial charge in [-0.15, -0.1) is 10.2 Å². The van der Waals surface area contributed by atoms with Crippen LogP contribution in [0.1, 0.15) is 12.7 Å². The minimum atomic E-state index is -0.370. The number of thioether (sulfide) groups is 1. The first-order valence-electron chi connectivity index (χ1n) is 10.4. The van der Waals surface area contributed by atoms with Crippen molar-refractivity contribution in [2.24, 2.45) is 0 Å². The van der Waals surface area contributed by atoms with Gasteiger partial charge in [-0.05, 0) is 42.6 Å². The average molecular weight is 464 g/mol. The molecule has 0 atom stereocenters. The summed E-state index contributed by atoms with van der Waals surface area (Å²) < 4.78 is 14.8. The summed E-state index contributed by atoms with van der Waals surface area (Å²) >= 11 is 1.26. The Balaban J connectivity index is 1.37. The summed E-state index contributed by atoms with van der Waals surface area (Å²) in [6, 6.07) is 19.2. The molecule has 4 rings (SSSR count). The third-order valence-corrected chi connectivity index (χ3v) is 5.92. The summed E-state index contributed by atoms with van der Waals surface area (Å²) in [4.78, 5) is 24.9. The Morgan fingerprint density at radius 2 is 1.70 bits per heavy atom. The maximum absolute atomic E-state index is 13.0. The van der Waals surface area contributed by atoms with Crippen molar-refractivity contribution in [3.05, 3.63) is 78.4 Å². The molecule has 3 aromatic carbocycles. The zero-order chi connectivity index (χ0) is 23.2. The number of benzene rings is 3. The van der Waals surface area contributed by atoms with Crippen molar-refractivity contribution in [2.45, 2.75) is 25.0 Å². The van der Waals surface area contributed by atoms with Crippen LogP contribution in [-0.2, 0) is 22.6 Å². The molecule has 0 saturated carbocycles. The van der Waals surface area contributed by atoms with Crippen molar-refractivity contribution in [3.8, 4) is 0 Å². The van der Waals surface area contributed by atoms with Crippen LogP contribution >= 0.6 is 11.8 Å². The van der Waals surface area contributed by atoms with E-state index in [4.69, 9.17) is 0 Å². The van der Waals surface area contributed by atoms with E-state index in [0.717, 1.165) is 16.5 Å². The molecule has 7 nitrogen and oxygen atoms in total. The largest absolute Gasteiger partial charge is 0.326 e. The second kappa shape index (κ2) is 10.3. The number of nitrogens with zero attached hydrogens (tertiary/aromatic N) is 3. The van der Waals surface area contributed by atoms with E-state index in [1.807, 2.05) is 49.4 Å². The standard InChI is InChI=1S/C24H22FN5O2S/c1-2-30-21(14-22(31)26-18-12-10-17(25)11-13-18)28-29-24(30)33-15-23(32)27-20-9-5-7-16-6-3-4-8-19(16)20/h3-13H,2,14-15H2,1H3,(H,26,31)(H,27,32). The first-order chi connectivity index (χ1) is 16.0. The van der Waals surface area contributed by atoms with Gasteiger partial charge in [-0.2, -0.15) is 0 Å². The predicted molar refractivity (Wildman–Crippen MR) is 128 cm³/mol. The van der Waals surface area contributed by atoms with Crippen molar-refractivity contribution < 1.29 is 14.0 Å². The van der Waals surface area contributed by atoms with Crippen LogP contribution in [0.2, 0.25) is 0 Å². The lowest BCUT2D eigenvalue weighted by Gasteiger charge is -2.10. The number of fused-ring (bicyclic) bond motifs is 1. The van der Waals surface area contributed by atoms with Gasteiger partial charge in [0, 0.05) is 23.3 Å². The Hall–Kier alpha value is -3.72. The molecule has 168 valence electrons. The molecule has 0 bridgehead atoms. The Kier molecular flexibility index (Phi) is 6.99. The first-order valence-corrected chi connectivity index (χ1v) is 11.4. The highest BCUT2D eigenvalue weighted by Crippen LogP contribution is 2.24. The minimum Gasteiger partial charge on any atom is -0.326 e. The molecule has 0 spiro atoms. The highest BCUT2D eigenvalue weighted by molar-refractivity contribution is 7.99. The van der Waals surface area contributed by atoms with E-state index in [0.29, 0.717) is 23.2 Å². The normalized spacial score (nSPS) is 10.8. The average Bonchev–Trinajstić information content (AvgIpc) is 3.20. The van der Waals surface area contributed by atoms with Crippen LogP contribution in [0.4, 0.5) is 15.8 Å². The SMILES string of the molecule is CCn1c(CC(=O)Nc2ccc(F)cc2)nnc1SCC(=O)Nc1cccc2ccccc12. The first kappa shape index (κ1) is 22.5. The summed E-state index contributed by atoms with van der Waals surface area (Å²) in [7, 11) is 0. The molecule has 0 unspecified atom stereocenters. The van der Waals surface area contributed by atoms with Crippen LogP contribution in [0.3, 0.4) is 0 Å². The van der Waals surface area contributed by atoms with Crippen molar-refractivity contribution in [1.29, 1.82) is 0 Å². The molecule has 0 fully saturated rings. The molecule has 0 aliphatic rings. The molecule has 0 radical (unpaired) electrons. The molecule has 33 heavy (non-hydrogen) atoms. The molecule has 4 aromatic rings. The molecule has 0 saturated heterocycles. The molecule has 0 aliphatic carbocycles. The van der Waals surface area contributed by atoms with Crippen LogP contribution in [0.5, 0.6) is 0 Å². The van der Waals surface area contributed by atoms with Gasteiger partial charge >= 0.3 is 0 Å². The van der Waals surface area contributed by atoms with Crippen molar-refractivity contribution in [1.82, 2.24) is 14.8 Å². The molecule has 1 aromatic heterocycles. The van der Waals surface area contributed by atoms with Crippen LogP contribution in [0.15, 0.2) is 71.9 Å². The number of halogens is 1. The number of nitrogens with one attached hydrogen (secondary N) is 2. The predicted octanol–water partition coefficient (Wildman–Crippen LogP) is 4.50. The number of amides is 2. The maximum atomic E-state index is 13.0. The number of hydrogen-bond acceptors (Lipinski definition) is 5. The highest BCUT2D eigenvalue weighted by atomic mass is 32.2. The van der Waals surface area contributed by atoms with E-state index in [-0.39, 0.29) is 29.8 Å². The molecule has 1 heterocycles. The van der Waals surface area contributed by atoms with Crippen molar-refractivity contribution in [2.75, 3.05) is 16.4 Å². The van der Waals surface area contributed by atoms with E-state index in [1.165, 1.54) is 36.0 Å². The van der Waals surface area contributed by atoms with Gasteiger partial charge in [-0.3, -0.25) is 9.59 Å². The molecule has 9 heteroatoms.